The molecule has 0 bridgehead atoms. The van der Waals surface area contributed by atoms with Gasteiger partial charge in [-0.25, -0.2) is 0 Å². The van der Waals surface area contributed by atoms with E-state index in [0.29, 0.717) is 0 Å². The van der Waals surface area contributed by atoms with Crippen molar-refractivity contribution in [3.8, 4) is 11.4 Å². The van der Waals surface area contributed by atoms with Gasteiger partial charge in [0, 0.05) is 18.2 Å². The molecule has 4 nitrogen and oxygen atoms in total. The lowest BCUT2D eigenvalue weighted by atomic mass is 10.0. The van der Waals surface area contributed by atoms with E-state index in [1.54, 1.807) is 0 Å². The van der Waals surface area contributed by atoms with Gasteiger partial charge in [0.15, 0.2) is 16.8 Å². The van der Waals surface area contributed by atoms with Crippen LogP contribution in [-0.4, -0.2) is 25.8 Å². The van der Waals surface area contributed by atoms with E-state index in [2.05, 4.69) is 10.2 Å². The van der Waals surface area contributed by atoms with E-state index >= 15 is 0 Å². The summed E-state index contributed by atoms with van der Waals surface area (Å²) in [5.41, 5.74) is 4.08. The van der Waals surface area contributed by atoms with Crippen LogP contribution in [-0.2, 0) is 7.05 Å². The van der Waals surface area contributed by atoms with E-state index in [0.717, 1.165) is 27.7 Å². The summed E-state index contributed by atoms with van der Waals surface area (Å²) >= 11 is 1.44. The Morgan fingerprint density at radius 2 is 1.76 bits per heavy atom. The SMILES string of the molecule is Cc1ccc(C(=O)[C@H](C)Sc2nnc(-c3ccccc3)n2C)cc1C. The minimum Gasteiger partial charge on any atom is -0.305 e. The second-order valence-electron chi connectivity index (χ2n) is 6.15. The van der Waals surface area contributed by atoms with Gasteiger partial charge in [-0.2, -0.15) is 0 Å². The van der Waals surface area contributed by atoms with Crippen LogP contribution in [0.2, 0.25) is 0 Å². The van der Waals surface area contributed by atoms with E-state index in [4.69, 9.17) is 0 Å². The van der Waals surface area contributed by atoms with Gasteiger partial charge in [-0.3, -0.25) is 4.79 Å². The number of benzene rings is 2. The zero-order valence-electron chi connectivity index (χ0n) is 14.9. The molecule has 0 aliphatic carbocycles. The first-order valence-corrected chi connectivity index (χ1v) is 9.08. The van der Waals surface area contributed by atoms with Crippen molar-refractivity contribution < 1.29 is 4.79 Å². The Hall–Kier alpha value is -2.40. The first-order valence-electron chi connectivity index (χ1n) is 8.20. The molecule has 1 heterocycles. The van der Waals surface area contributed by atoms with Crippen LogP contribution >= 0.6 is 11.8 Å². The third-order valence-corrected chi connectivity index (χ3v) is 5.44. The zero-order valence-corrected chi connectivity index (χ0v) is 15.7. The lowest BCUT2D eigenvalue weighted by molar-refractivity contribution is 0.0993. The molecule has 3 aromatic rings. The Morgan fingerprint density at radius 1 is 1.04 bits per heavy atom. The number of hydrogen-bond acceptors (Lipinski definition) is 4. The van der Waals surface area contributed by atoms with Crippen molar-refractivity contribution in [2.24, 2.45) is 7.05 Å². The molecule has 0 radical (unpaired) electrons. The van der Waals surface area contributed by atoms with Crippen molar-refractivity contribution in [2.45, 2.75) is 31.2 Å². The average molecular weight is 351 g/mol. The molecule has 0 aliphatic rings. The molecule has 1 atom stereocenters. The molecule has 0 spiro atoms. The van der Waals surface area contributed by atoms with Crippen molar-refractivity contribution in [1.82, 2.24) is 14.8 Å². The predicted octanol–water partition coefficient (Wildman–Crippen LogP) is 4.46. The largest absolute Gasteiger partial charge is 0.305 e. The van der Waals surface area contributed by atoms with E-state index in [1.165, 1.54) is 17.3 Å². The van der Waals surface area contributed by atoms with Gasteiger partial charge < -0.3 is 4.57 Å². The fraction of sp³-hybridized carbons (Fsp3) is 0.250. The van der Waals surface area contributed by atoms with Gasteiger partial charge in [-0.15, -0.1) is 10.2 Å². The first-order chi connectivity index (χ1) is 12.0. The van der Waals surface area contributed by atoms with Gasteiger partial charge in [0.1, 0.15) is 0 Å². The quantitative estimate of drug-likeness (QED) is 0.503. The summed E-state index contributed by atoms with van der Waals surface area (Å²) in [4.78, 5) is 12.7. The van der Waals surface area contributed by atoms with Crippen molar-refractivity contribution >= 4 is 17.5 Å². The number of carbonyl (C=O) groups excluding carboxylic acids is 1. The van der Waals surface area contributed by atoms with Crippen molar-refractivity contribution in [1.29, 1.82) is 0 Å². The lowest BCUT2D eigenvalue weighted by Gasteiger charge is -2.11. The van der Waals surface area contributed by atoms with E-state index < -0.39 is 0 Å². The van der Waals surface area contributed by atoms with Gasteiger partial charge in [-0.1, -0.05) is 54.2 Å². The molecular formula is C20H21N3OS. The molecule has 5 heteroatoms. The number of aromatic nitrogens is 3. The topological polar surface area (TPSA) is 47.8 Å². The molecule has 3 rings (SSSR count). The molecule has 0 unspecified atom stereocenters. The minimum absolute atomic E-state index is 0.109. The second kappa shape index (κ2) is 7.23. The Bertz CT molecular complexity index is 903. The van der Waals surface area contributed by atoms with Crippen LogP contribution in [0.15, 0.2) is 53.7 Å². The van der Waals surface area contributed by atoms with Gasteiger partial charge >= 0.3 is 0 Å². The van der Waals surface area contributed by atoms with E-state index in [1.807, 2.05) is 80.9 Å². The van der Waals surface area contributed by atoms with E-state index in [9.17, 15) is 4.79 Å². The summed E-state index contributed by atoms with van der Waals surface area (Å²) < 4.78 is 1.93. The second-order valence-corrected chi connectivity index (χ2v) is 7.46. The van der Waals surface area contributed by atoms with Crippen LogP contribution in [0.5, 0.6) is 0 Å². The molecule has 2 aromatic carbocycles. The summed E-state index contributed by atoms with van der Waals surface area (Å²) in [6.07, 6.45) is 0. The van der Waals surface area contributed by atoms with Gasteiger partial charge in [0.25, 0.3) is 0 Å². The number of carbonyl (C=O) groups is 1. The normalized spacial score (nSPS) is 12.2. The molecule has 0 aliphatic heterocycles. The highest BCUT2D eigenvalue weighted by atomic mass is 32.2. The summed E-state index contributed by atoms with van der Waals surface area (Å²) in [6.45, 7) is 5.99. The maximum Gasteiger partial charge on any atom is 0.191 e. The van der Waals surface area contributed by atoms with Gasteiger partial charge in [0.05, 0.1) is 5.25 Å². The summed E-state index contributed by atoms with van der Waals surface area (Å²) in [7, 11) is 1.93. The smallest absolute Gasteiger partial charge is 0.191 e. The lowest BCUT2D eigenvalue weighted by Crippen LogP contribution is -2.14. The summed E-state index contributed by atoms with van der Waals surface area (Å²) in [6, 6.07) is 15.8. The fourth-order valence-electron chi connectivity index (χ4n) is 2.60. The average Bonchev–Trinajstić information content (AvgIpc) is 2.98. The number of aryl methyl sites for hydroxylation is 2. The van der Waals surface area contributed by atoms with Gasteiger partial charge in [-0.05, 0) is 38.0 Å². The van der Waals surface area contributed by atoms with Crippen molar-refractivity contribution in [3.63, 3.8) is 0 Å². The fourth-order valence-corrected chi connectivity index (χ4v) is 3.49. The Labute approximate surface area is 152 Å². The number of nitrogens with zero attached hydrogens (tertiary/aromatic N) is 3. The summed E-state index contributed by atoms with van der Waals surface area (Å²) in [5, 5.41) is 9.05. The van der Waals surface area contributed by atoms with E-state index in [-0.39, 0.29) is 11.0 Å². The molecule has 25 heavy (non-hydrogen) atoms. The van der Waals surface area contributed by atoms with Crippen LogP contribution in [0, 0.1) is 13.8 Å². The monoisotopic (exact) mass is 351 g/mol. The molecule has 128 valence electrons. The third kappa shape index (κ3) is 3.66. The maximum atomic E-state index is 12.7. The van der Waals surface area contributed by atoms with Crippen LogP contribution in [0.1, 0.15) is 28.4 Å². The molecule has 0 N–H and O–H groups in total. The number of hydrogen-bond donors (Lipinski definition) is 0. The maximum absolute atomic E-state index is 12.7. The Balaban J connectivity index is 1.79. The molecular weight excluding hydrogens is 330 g/mol. The van der Waals surface area contributed by atoms with Gasteiger partial charge in [0.2, 0.25) is 0 Å². The highest BCUT2D eigenvalue weighted by Crippen LogP contribution is 2.27. The Morgan fingerprint density at radius 3 is 2.44 bits per heavy atom. The highest BCUT2D eigenvalue weighted by Gasteiger charge is 2.20. The summed E-state index contributed by atoms with van der Waals surface area (Å²) in [5.74, 6) is 0.909. The Kier molecular flexibility index (Phi) is 5.04. The number of ketones is 1. The number of rotatable bonds is 5. The number of Topliss-reactive ketones (excluding diaryl/α,β-unsaturated/α-hetero) is 1. The van der Waals surface area contributed by atoms with Crippen LogP contribution in [0.4, 0.5) is 0 Å². The third-order valence-electron chi connectivity index (χ3n) is 4.31. The molecule has 0 saturated carbocycles. The standard InChI is InChI=1S/C20H21N3OS/c1-13-10-11-17(12-14(13)2)18(24)15(3)25-20-22-21-19(23(20)4)16-8-6-5-7-9-16/h5-12,15H,1-4H3/t15-/m0/s1. The molecule has 0 fully saturated rings. The van der Waals surface area contributed by atoms with Crippen LogP contribution in [0.25, 0.3) is 11.4 Å². The molecule has 1 aromatic heterocycles. The highest BCUT2D eigenvalue weighted by molar-refractivity contribution is 8.00. The minimum atomic E-state index is -0.228. The zero-order chi connectivity index (χ0) is 18.0. The predicted molar refractivity (Wildman–Crippen MR) is 102 cm³/mol. The van der Waals surface area contributed by atoms with Crippen LogP contribution in [0.3, 0.4) is 0 Å². The van der Waals surface area contributed by atoms with Crippen LogP contribution < -0.4 is 0 Å². The molecule has 0 saturated heterocycles. The van der Waals surface area contributed by atoms with Crippen molar-refractivity contribution in [2.75, 3.05) is 0 Å². The van der Waals surface area contributed by atoms with Crippen molar-refractivity contribution in [3.05, 3.63) is 65.2 Å². The molecule has 0 amide bonds. The first kappa shape index (κ1) is 17.4. The number of thioether (sulfide) groups is 1.